The van der Waals surface area contributed by atoms with E-state index in [1.807, 2.05) is 0 Å². The highest BCUT2D eigenvalue weighted by Gasteiger charge is 2.11. The van der Waals surface area contributed by atoms with E-state index in [0.717, 1.165) is 0 Å². The Morgan fingerprint density at radius 1 is 1.44 bits per heavy atom. The number of hydrogen-bond acceptors (Lipinski definition) is 2. The lowest BCUT2D eigenvalue weighted by atomic mass is 10.2. The third kappa shape index (κ3) is 4.40. The van der Waals surface area contributed by atoms with Gasteiger partial charge in [0.2, 0.25) is 0 Å². The summed E-state index contributed by atoms with van der Waals surface area (Å²) in [6.45, 7) is 3.18. The van der Waals surface area contributed by atoms with Crippen molar-refractivity contribution in [2.75, 3.05) is 5.32 Å². The van der Waals surface area contributed by atoms with Crippen molar-refractivity contribution in [3.63, 3.8) is 0 Å². The van der Waals surface area contributed by atoms with E-state index in [-0.39, 0.29) is 12.2 Å². The second-order valence-electron chi connectivity index (χ2n) is 4.06. The number of aryl methyl sites for hydroxylation is 1. The molecule has 5 nitrogen and oxygen atoms in total. The largest absolute Gasteiger partial charge is 0.481 e. The molecule has 1 aromatic rings. The van der Waals surface area contributed by atoms with E-state index in [2.05, 4.69) is 10.6 Å². The van der Waals surface area contributed by atoms with E-state index in [1.54, 1.807) is 13.8 Å². The minimum atomic E-state index is -0.986. The molecular weight excluding hydrogens is 239 g/mol. The van der Waals surface area contributed by atoms with Gasteiger partial charge in [-0.2, -0.15) is 0 Å². The van der Waals surface area contributed by atoms with Crippen molar-refractivity contribution in [1.82, 2.24) is 5.32 Å². The van der Waals surface area contributed by atoms with E-state index in [0.29, 0.717) is 11.3 Å². The standard InChI is InChI=1S/C12H15FN2O3/c1-7-5-9(3-4-10(7)13)15-12(18)14-8(2)6-11(16)17/h3-5,8H,6H2,1-2H3,(H,16,17)(H2,14,15,18). The lowest BCUT2D eigenvalue weighted by Gasteiger charge is -2.13. The molecule has 18 heavy (non-hydrogen) atoms. The van der Waals surface area contributed by atoms with Crippen LogP contribution in [0, 0.1) is 12.7 Å². The zero-order valence-electron chi connectivity index (χ0n) is 10.2. The average molecular weight is 254 g/mol. The predicted octanol–water partition coefficient (Wildman–Crippen LogP) is 2.12. The van der Waals surface area contributed by atoms with E-state index < -0.39 is 18.0 Å². The van der Waals surface area contributed by atoms with Crippen molar-refractivity contribution in [1.29, 1.82) is 0 Å². The minimum Gasteiger partial charge on any atom is -0.481 e. The Kier molecular flexibility index (Phi) is 4.65. The van der Waals surface area contributed by atoms with Gasteiger partial charge in [0.15, 0.2) is 0 Å². The Morgan fingerprint density at radius 3 is 2.67 bits per heavy atom. The Labute approximate surface area is 104 Å². The first-order valence-electron chi connectivity index (χ1n) is 5.44. The smallest absolute Gasteiger partial charge is 0.319 e. The molecule has 0 radical (unpaired) electrons. The molecule has 98 valence electrons. The molecule has 0 saturated carbocycles. The number of carboxylic acids is 1. The van der Waals surface area contributed by atoms with Crippen LogP contribution in [0.5, 0.6) is 0 Å². The van der Waals surface area contributed by atoms with Crippen molar-refractivity contribution in [2.45, 2.75) is 26.3 Å². The van der Waals surface area contributed by atoms with Crippen LogP contribution >= 0.6 is 0 Å². The van der Waals surface area contributed by atoms with Gasteiger partial charge in [0, 0.05) is 11.7 Å². The molecule has 1 atom stereocenters. The van der Waals surface area contributed by atoms with Crippen molar-refractivity contribution < 1.29 is 19.1 Å². The SMILES string of the molecule is Cc1cc(NC(=O)NC(C)CC(=O)O)ccc1F. The number of urea groups is 1. The molecule has 0 saturated heterocycles. The highest BCUT2D eigenvalue weighted by atomic mass is 19.1. The van der Waals surface area contributed by atoms with Gasteiger partial charge in [0.25, 0.3) is 0 Å². The number of nitrogens with one attached hydrogen (secondary N) is 2. The minimum absolute atomic E-state index is 0.157. The first-order valence-corrected chi connectivity index (χ1v) is 5.44. The number of hydrogen-bond donors (Lipinski definition) is 3. The second-order valence-corrected chi connectivity index (χ2v) is 4.06. The van der Waals surface area contributed by atoms with Crippen molar-refractivity contribution in [3.8, 4) is 0 Å². The van der Waals surface area contributed by atoms with E-state index in [1.165, 1.54) is 18.2 Å². The zero-order chi connectivity index (χ0) is 13.7. The highest BCUT2D eigenvalue weighted by molar-refractivity contribution is 5.89. The molecule has 0 aliphatic rings. The second kappa shape index (κ2) is 6.00. The van der Waals surface area contributed by atoms with Crippen LogP contribution in [0.2, 0.25) is 0 Å². The van der Waals surface area contributed by atoms with Crippen LogP contribution in [0.3, 0.4) is 0 Å². The Bertz CT molecular complexity index is 463. The number of carbonyl (C=O) groups excluding carboxylic acids is 1. The molecule has 0 aromatic heterocycles. The van der Waals surface area contributed by atoms with Crippen LogP contribution in [-0.2, 0) is 4.79 Å². The maximum Gasteiger partial charge on any atom is 0.319 e. The van der Waals surface area contributed by atoms with Gasteiger partial charge >= 0.3 is 12.0 Å². The van der Waals surface area contributed by atoms with Gasteiger partial charge < -0.3 is 15.7 Å². The summed E-state index contributed by atoms with van der Waals surface area (Å²) >= 11 is 0. The molecule has 0 aliphatic heterocycles. The zero-order valence-corrected chi connectivity index (χ0v) is 10.2. The molecule has 1 rings (SSSR count). The molecule has 0 aliphatic carbocycles. The third-order valence-corrected chi connectivity index (χ3v) is 2.27. The van der Waals surface area contributed by atoms with Gasteiger partial charge in [-0.25, -0.2) is 9.18 Å². The summed E-state index contributed by atoms with van der Waals surface area (Å²) in [6.07, 6.45) is -0.157. The number of benzene rings is 1. The molecule has 6 heteroatoms. The number of carboxylic acid groups (broad SMARTS) is 1. The summed E-state index contributed by atoms with van der Waals surface area (Å²) in [4.78, 5) is 21.9. The molecule has 0 bridgehead atoms. The van der Waals surface area contributed by atoms with Crippen LogP contribution in [0.15, 0.2) is 18.2 Å². The number of carbonyl (C=O) groups is 2. The first kappa shape index (κ1) is 14.0. The maximum absolute atomic E-state index is 13.0. The number of rotatable bonds is 4. The monoisotopic (exact) mass is 254 g/mol. The van der Waals surface area contributed by atoms with E-state index in [9.17, 15) is 14.0 Å². The number of aliphatic carboxylic acids is 1. The summed E-state index contributed by atoms with van der Waals surface area (Å²) in [5, 5.41) is 13.5. The van der Waals surface area contributed by atoms with Crippen LogP contribution in [0.25, 0.3) is 0 Å². The third-order valence-electron chi connectivity index (χ3n) is 2.27. The van der Waals surface area contributed by atoms with Crippen molar-refractivity contribution in [3.05, 3.63) is 29.6 Å². The Morgan fingerprint density at radius 2 is 2.11 bits per heavy atom. The van der Waals surface area contributed by atoms with Gasteiger partial charge in [-0.05, 0) is 37.6 Å². The predicted molar refractivity (Wildman–Crippen MR) is 65.0 cm³/mol. The summed E-state index contributed by atoms with van der Waals surface area (Å²) in [7, 11) is 0. The van der Waals surface area contributed by atoms with Crippen molar-refractivity contribution in [2.24, 2.45) is 0 Å². The summed E-state index contributed by atoms with van der Waals surface area (Å²) in [6, 6.07) is 3.19. The van der Waals surface area contributed by atoms with Gasteiger partial charge in [-0.15, -0.1) is 0 Å². The fourth-order valence-corrected chi connectivity index (χ4v) is 1.43. The number of halogens is 1. The van der Waals surface area contributed by atoms with Crippen LogP contribution in [0.4, 0.5) is 14.9 Å². The fraction of sp³-hybridized carbons (Fsp3) is 0.333. The first-order chi connectivity index (χ1) is 8.38. The molecule has 0 spiro atoms. The van der Waals surface area contributed by atoms with Crippen LogP contribution < -0.4 is 10.6 Å². The van der Waals surface area contributed by atoms with Gasteiger partial charge in [0.05, 0.1) is 6.42 Å². The molecule has 2 amide bonds. The quantitative estimate of drug-likeness (QED) is 0.770. The average Bonchev–Trinajstić information content (AvgIpc) is 2.21. The lowest BCUT2D eigenvalue weighted by Crippen LogP contribution is -2.37. The number of anilines is 1. The van der Waals surface area contributed by atoms with Gasteiger partial charge in [-0.3, -0.25) is 4.79 Å². The Balaban J connectivity index is 2.54. The Hall–Kier alpha value is -2.11. The van der Waals surface area contributed by atoms with Gasteiger partial charge in [0.1, 0.15) is 5.82 Å². The van der Waals surface area contributed by atoms with Crippen LogP contribution in [-0.4, -0.2) is 23.1 Å². The van der Waals surface area contributed by atoms with Crippen molar-refractivity contribution >= 4 is 17.7 Å². The number of amides is 2. The molecule has 1 unspecified atom stereocenters. The molecule has 3 N–H and O–H groups in total. The topological polar surface area (TPSA) is 78.4 Å². The summed E-state index contributed by atoms with van der Waals surface area (Å²) < 4.78 is 13.0. The summed E-state index contributed by atoms with van der Waals surface area (Å²) in [5.41, 5.74) is 0.875. The van der Waals surface area contributed by atoms with E-state index in [4.69, 9.17) is 5.11 Å². The molecule has 1 aromatic carbocycles. The summed E-state index contributed by atoms with van der Waals surface area (Å²) in [5.74, 6) is -1.33. The van der Waals surface area contributed by atoms with Crippen LogP contribution in [0.1, 0.15) is 18.9 Å². The normalized spacial score (nSPS) is 11.7. The van der Waals surface area contributed by atoms with Gasteiger partial charge in [-0.1, -0.05) is 0 Å². The highest BCUT2D eigenvalue weighted by Crippen LogP contribution is 2.13. The molecule has 0 fully saturated rings. The fourth-order valence-electron chi connectivity index (χ4n) is 1.43. The maximum atomic E-state index is 13.0. The molecule has 0 heterocycles. The van der Waals surface area contributed by atoms with E-state index >= 15 is 0 Å². The lowest BCUT2D eigenvalue weighted by molar-refractivity contribution is -0.137. The molecular formula is C12H15FN2O3.